The van der Waals surface area contributed by atoms with Crippen LogP contribution in [0.3, 0.4) is 0 Å². The molecule has 4 atom stereocenters. The molecule has 1 saturated carbocycles. The highest BCUT2D eigenvalue weighted by molar-refractivity contribution is 9.10. The molecule has 1 aromatic heterocycles. The molecule has 0 aliphatic heterocycles. The minimum absolute atomic E-state index is 0.485. The van der Waals surface area contributed by atoms with Gasteiger partial charge in [-0.3, -0.25) is 0 Å². The van der Waals surface area contributed by atoms with Gasteiger partial charge in [0.2, 0.25) is 0 Å². The highest BCUT2D eigenvalue weighted by atomic mass is 79.9. The summed E-state index contributed by atoms with van der Waals surface area (Å²) in [6.45, 7) is 2.20. The van der Waals surface area contributed by atoms with Gasteiger partial charge in [0.1, 0.15) is 0 Å². The van der Waals surface area contributed by atoms with Crippen LogP contribution in [0.2, 0.25) is 0 Å². The fraction of sp³-hybridized carbons (Fsp3) is 0.444. The molecule has 1 aromatic carbocycles. The third-order valence-electron chi connectivity index (χ3n) is 5.21. The van der Waals surface area contributed by atoms with Gasteiger partial charge in [0.25, 0.3) is 0 Å². The summed E-state index contributed by atoms with van der Waals surface area (Å²) in [5.41, 5.74) is 3.20. The zero-order chi connectivity index (χ0) is 14.6. The Labute approximate surface area is 138 Å². The first kappa shape index (κ1) is 14.0. The van der Waals surface area contributed by atoms with Crippen LogP contribution in [0.4, 0.5) is 0 Å². The van der Waals surface area contributed by atoms with Crippen LogP contribution in [0.1, 0.15) is 39.3 Å². The van der Waals surface area contributed by atoms with Crippen molar-refractivity contribution in [2.24, 2.45) is 11.8 Å². The predicted octanol–water partition coefficient (Wildman–Crippen LogP) is 5.06. The zero-order valence-corrected chi connectivity index (χ0v) is 14.8. The predicted molar refractivity (Wildman–Crippen MR) is 93.0 cm³/mol. The Balaban J connectivity index is 1.68. The number of rotatable bonds is 3. The zero-order valence-electron chi connectivity index (χ0n) is 12.4. The van der Waals surface area contributed by atoms with Gasteiger partial charge in [-0.25, -0.2) is 0 Å². The lowest BCUT2D eigenvalue weighted by atomic mass is 9.92. The molecule has 21 heavy (non-hydrogen) atoms. The number of aryl methyl sites for hydroxylation is 2. The van der Waals surface area contributed by atoms with E-state index in [1.54, 1.807) is 11.1 Å². The number of hydrogen-bond acceptors (Lipinski definition) is 2. The van der Waals surface area contributed by atoms with Crippen molar-refractivity contribution in [2.75, 3.05) is 7.05 Å². The molecule has 2 aliphatic rings. The van der Waals surface area contributed by atoms with Crippen molar-refractivity contribution in [1.29, 1.82) is 0 Å². The summed E-state index contributed by atoms with van der Waals surface area (Å²) in [5.74, 6) is 2.39. The van der Waals surface area contributed by atoms with Crippen molar-refractivity contribution in [3.05, 3.63) is 55.7 Å². The van der Waals surface area contributed by atoms with E-state index in [1.165, 1.54) is 27.1 Å². The molecule has 110 valence electrons. The van der Waals surface area contributed by atoms with Crippen LogP contribution in [-0.2, 0) is 6.42 Å². The third-order valence-corrected chi connectivity index (χ3v) is 7.26. The van der Waals surface area contributed by atoms with Gasteiger partial charge in [0.15, 0.2) is 0 Å². The molecule has 1 nitrogen and oxygen atoms in total. The van der Waals surface area contributed by atoms with E-state index < -0.39 is 0 Å². The van der Waals surface area contributed by atoms with Gasteiger partial charge in [-0.2, -0.15) is 0 Å². The molecule has 4 unspecified atom stereocenters. The van der Waals surface area contributed by atoms with Crippen molar-refractivity contribution in [1.82, 2.24) is 5.32 Å². The van der Waals surface area contributed by atoms with Gasteiger partial charge in [0.05, 0.1) is 0 Å². The molecule has 2 aliphatic carbocycles. The molecule has 1 fully saturated rings. The van der Waals surface area contributed by atoms with Crippen LogP contribution in [0.5, 0.6) is 0 Å². The Bertz CT molecular complexity index is 678. The Morgan fingerprint density at radius 2 is 2.14 bits per heavy atom. The van der Waals surface area contributed by atoms with Gasteiger partial charge in [-0.15, -0.1) is 11.3 Å². The van der Waals surface area contributed by atoms with E-state index in [-0.39, 0.29) is 0 Å². The molecule has 0 amide bonds. The molecule has 1 heterocycles. The first-order valence-electron chi connectivity index (χ1n) is 7.71. The SMILES string of the molecule is CNC(c1sc(C)cc1Br)C1C2CCc3ccccc3C21. The number of fused-ring (bicyclic) bond motifs is 3. The van der Waals surface area contributed by atoms with Crippen molar-refractivity contribution in [3.8, 4) is 0 Å². The normalized spacial score (nSPS) is 27.9. The van der Waals surface area contributed by atoms with E-state index in [0.29, 0.717) is 6.04 Å². The van der Waals surface area contributed by atoms with Gasteiger partial charge in [-0.1, -0.05) is 24.3 Å². The van der Waals surface area contributed by atoms with Crippen LogP contribution >= 0.6 is 27.3 Å². The topological polar surface area (TPSA) is 12.0 Å². The van der Waals surface area contributed by atoms with E-state index in [9.17, 15) is 0 Å². The Morgan fingerprint density at radius 3 is 2.86 bits per heavy atom. The maximum absolute atomic E-state index is 3.76. The van der Waals surface area contributed by atoms with E-state index in [0.717, 1.165) is 17.8 Å². The number of benzene rings is 1. The molecule has 0 spiro atoms. The molecule has 2 aromatic rings. The lowest BCUT2D eigenvalue weighted by Crippen LogP contribution is -2.19. The number of hydrogen-bond donors (Lipinski definition) is 1. The second-order valence-electron chi connectivity index (χ2n) is 6.34. The largest absolute Gasteiger partial charge is 0.312 e. The van der Waals surface area contributed by atoms with E-state index >= 15 is 0 Å². The van der Waals surface area contributed by atoms with Gasteiger partial charge in [0, 0.05) is 20.3 Å². The average molecular weight is 362 g/mol. The Kier molecular flexibility index (Phi) is 3.48. The van der Waals surface area contributed by atoms with E-state index in [4.69, 9.17) is 0 Å². The van der Waals surface area contributed by atoms with Crippen LogP contribution in [0, 0.1) is 18.8 Å². The standard InChI is InChI=1S/C18H20BrNS/c1-10-9-14(19)18(21-10)17(20-2)16-13-8-7-11-5-3-4-6-12(11)15(13)16/h3-6,9,13,15-17,20H,7-8H2,1-2H3. The summed E-state index contributed by atoms with van der Waals surface area (Å²) in [6, 6.07) is 11.8. The minimum Gasteiger partial charge on any atom is -0.312 e. The molecule has 4 rings (SSSR count). The average Bonchev–Trinajstić information content (AvgIpc) is 3.12. The third kappa shape index (κ3) is 2.21. The smallest absolute Gasteiger partial charge is 0.0461 e. The molecule has 3 heteroatoms. The van der Waals surface area contributed by atoms with Crippen molar-refractivity contribution in [2.45, 2.75) is 31.7 Å². The fourth-order valence-electron chi connectivity index (χ4n) is 4.29. The molecule has 0 saturated heterocycles. The second kappa shape index (κ2) is 5.22. The van der Waals surface area contributed by atoms with Crippen LogP contribution in [0.25, 0.3) is 0 Å². The maximum Gasteiger partial charge on any atom is 0.0461 e. The molecular formula is C18H20BrNS. The van der Waals surface area contributed by atoms with Crippen molar-refractivity contribution < 1.29 is 0 Å². The molecular weight excluding hydrogens is 342 g/mol. The summed E-state index contributed by atoms with van der Waals surface area (Å²) >= 11 is 5.69. The number of halogens is 1. The van der Waals surface area contributed by atoms with Crippen molar-refractivity contribution in [3.63, 3.8) is 0 Å². The van der Waals surface area contributed by atoms with E-state index in [2.05, 4.69) is 65.5 Å². The Hall–Kier alpha value is -0.640. The van der Waals surface area contributed by atoms with Crippen LogP contribution < -0.4 is 5.32 Å². The number of thiophene rings is 1. The number of nitrogens with one attached hydrogen (secondary N) is 1. The summed E-state index contributed by atoms with van der Waals surface area (Å²) in [4.78, 5) is 2.87. The van der Waals surface area contributed by atoms with Gasteiger partial charge < -0.3 is 5.32 Å². The fourth-order valence-corrected chi connectivity index (χ4v) is 6.35. The van der Waals surface area contributed by atoms with Crippen LogP contribution in [0.15, 0.2) is 34.8 Å². The molecule has 0 radical (unpaired) electrons. The second-order valence-corrected chi connectivity index (χ2v) is 8.48. The summed E-state index contributed by atoms with van der Waals surface area (Å²) in [6.07, 6.45) is 2.61. The first-order chi connectivity index (χ1) is 10.2. The van der Waals surface area contributed by atoms with Crippen LogP contribution in [-0.4, -0.2) is 7.05 Å². The first-order valence-corrected chi connectivity index (χ1v) is 9.32. The monoisotopic (exact) mass is 361 g/mol. The highest BCUT2D eigenvalue weighted by Crippen LogP contribution is 2.64. The van der Waals surface area contributed by atoms with E-state index in [1.807, 2.05) is 11.3 Å². The van der Waals surface area contributed by atoms with Gasteiger partial charge in [-0.05, 0) is 77.7 Å². The van der Waals surface area contributed by atoms with Crippen molar-refractivity contribution >= 4 is 27.3 Å². The summed E-state index contributed by atoms with van der Waals surface area (Å²) < 4.78 is 1.28. The maximum atomic E-state index is 3.76. The van der Waals surface area contributed by atoms with Gasteiger partial charge >= 0.3 is 0 Å². The highest BCUT2D eigenvalue weighted by Gasteiger charge is 2.56. The lowest BCUT2D eigenvalue weighted by Gasteiger charge is -2.16. The quantitative estimate of drug-likeness (QED) is 0.805. The molecule has 0 bridgehead atoms. The summed E-state index contributed by atoms with van der Waals surface area (Å²) in [5, 5.41) is 3.60. The summed E-state index contributed by atoms with van der Waals surface area (Å²) in [7, 11) is 2.11. The minimum atomic E-state index is 0.485. The Morgan fingerprint density at radius 1 is 1.33 bits per heavy atom. The lowest BCUT2D eigenvalue weighted by molar-refractivity contribution is 0.490. The molecule has 1 N–H and O–H groups in total.